The van der Waals surface area contributed by atoms with Gasteiger partial charge < -0.3 is 10.6 Å². The second-order valence-electron chi connectivity index (χ2n) is 6.29. The molecule has 0 spiro atoms. The van der Waals surface area contributed by atoms with Crippen LogP contribution in [0.15, 0.2) is 24.3 Å². The summed E-state index contributed by atoms with van der Waals surface area (Å²) in [6, 6.07) is 7.66. The molecule has 0 aliphatic heterocycles. The first-order chi connectivity index (χ1) is 11.3. The fraction of sp³-hybridized carbons (Fsp3) is 0.588. The van der Waals surface area contributed by atoms with Crippen molar-refractivity contribution in [1.82, 2.24) is 25.6 Å². The maximum absolute atomic E-state index is 12.0. The Morgan fingerprint density at radius 1 is 1.17 bits per heavy atom. The van der Waals surface area contributed by atoms with Crippen LogP contribution in [0.1, 0.15) is 32.1 Å². The van der Waals surface area contributed by atoms with Crippen molar-refractivity contribution in [2.45, 2.75) is 38.6 Å². The lowest BCUT2D eigenvalue weighted by Gasteiger charge is -2.21. The van der Waals surface area contributed by atoms with Crippen LogP contribution in [0.4, 0.5) is 0 Å². The van der Waals surface area contributed by atoms with E-state index in [1.807, 2.05) is 24.3 Å². The molecule has 1 saturated carbocycles. The Morgan fingerprint density at radius 2 is 2.00 bits per heavy atom. The van der Waals surface area contributed by atoms with Crippen molar-refractivity contribution in [3.8, 4) is 0 Å². The first kappa shape index (κ1) is 15.9. The van der Waals surface area contributed by atoms with Crippen molar-refractivity contribution in [1.29, 1.82) is 0 Å². The summed E-state index contributed by atoms with van der Waals surface area (Å²) in [5.41, 5.74) is 1.70. The molecule has 3 rings (SSSR count). The number of para-hydroxylation sites is 1. The van der Waals surface area contributed by atoms with E-state index in [4.69, 9.17) is 0 Å². The zero-order valence-electron chi connectivity index (χ0n) is 13.5. The van der Waals surface area contributed by atoms with E-state index in [0.717, 1.165) is 30.0 Å². The zero-order chi connectivity index (χ0) is 15.9. The Hall–Kier alpha value is -1.95. The minimum Gasteiger partial charge on any atom is -0.353 e. The van der Waals surface area contributed by atoms with E-state index in [1.54, 1.807) is 4.68 Å². The Bertz CT molecular complexity index is 633. The Kier molecular flexibility index (Phi) is 5.58. The molecule has 2 N–H and O–H groups in total. The summed E-state index contributed by atoms with van der Waals surface area (Å²) >= 11 is 0. The number of benzene rings is 1. The third-order valence-electron chi connectivity index (χ3n) is 4.50. The Morgan fingerprint density at radius 3 is 2.87 bits per heavy atom. The molecule has 1 heterocycles. The van der Waals surface area contributed by atoms with Crippen LogP contribution in [0, 0.1) is 5.92 Å². The maximum atomic E-state index is 12.0. The maximum Gasteiger partial charge on any atom is 0.241 e. The van der Waals surface area contributed by atoms with Gasteiger partial charge in [0.2, 0.25) is 5.91 Å². The van der Waals surface area contributed by atoms with Crippen molar-refractivity contribution in [2.24, 2.45) is 5.92 Å². The topological polar surface area (TPSA) is 71.8 Å². The molecule has 0 unspecified atom stereocenters. The van der Waals surface area contributed by atoms with Gasteiger partial charge in [-0.15, -0.1) is 5.10 Å². The molecular weight excluding hydrogens is 290 g/mol. The van der Waals surface area contributed by atoms with Gasteiger partial charge in [-0.3, -0.25) is 4.79 Å². The Balaban J connectivity index is 1.35. The number of amides is 1. The molecule has 23 heavy (non-hydrogen) atoms. The van der Waals surface area contributed by atoms with Crippen molar-refractivity contribution in [2.75, 3.05) is 19.6 Å². The van der Waals surface area contributed by atoms with Gasteiger partial charge in [0.05, 0.1) is 5.52 Å². The molecule has 1 fully saturated rings. The molecule has 6 nitrogen and oxygen atoms in total. The van der Waals surface area contributed by atoms with Crippen LogP contribution in [0.3, 0.4) is 0 Å². The van der Waals surface area contributed by atoms with Gasteiger partial charge in [0.25, 0.3) is 0 Å². The predicted molar refractivity (Wildman–Crippen MR) is 90.0 cm³/mol. The summed E-state index contributed by atoms with van der Waals surface area (Å²) in [5.74, 6) is 0.793. The van der Waals surface area contributed by atoms with E-state index in [2.05, 4.69) is 20.9 Å². The minimum absolute atomic E-state index is 0.0277. The number of aromatic nitrogens is 3. The molecule has 0 bridgehead atoms. The van der Waals surface area contributed by atoms with Gasteiger partial charge in [-0.1, -0.05) is 36.6 Å². The standard InChI is InChI=1S/C17H25N5O/c23-17(13-22-16-9-5-4-8-15(16)20-21-22)19-11-10-18-12-14-6-2-1-3-7-14/h4-5,8-9,14,18H,1-3,6-7,10-13H2,(H,19,23). The van der Waals surface area contributed by atoms with Crippen LogP contribution in [-0.2, 0) is 11.3 Å². The van der Waals surface area contributed by atoms with Crippen LogP contribution in [0.25, 0.3) is 11.0 Å². The highest BCUT2D eigenvalue weighted by Crippen LogP contribution is 2.22. The molecule has 1 aromatic heterocycles. The molecule has 1 aliphatic rings. The largest absolute Gasteiger partial charge is 0.353 e. The molecule has 1 aliphatic carbocycles. The third kappa shape index (κ3) is 4.51. The number of hydrogen-bond acceptors (Lipinski definition) is 4. The predicted octanol–water partition coefficient (Wildman–Crippen LogP) is 1.72. The Labute approximate surface area is 136 Å². The summed E-state index contributed by atoms with van der Waals surface area (Å²) in [5, 5.41) is 14.5. The van der Waals surface area contributed by atoms with Gasteiger partial charge in [-0.2, -0.15) is 0 Å². The lowest BCUT2D eigenvalue weighted by molar-refractivity contribution is -0.121. The fourth-order valence-corrected chi connectivity index (χ4v) is 3.21. The highest BCUT2D eigenvalue weighted by molar-refractivity contribution is 5.79. The number of fused-ring (bicyclic) bond motifs is 1. The van der Waals surface area contributed by atoms with Crippen LogP contribution >= 0.6 is 0 Å². The fourth-order valence-electron chi connectivity index (χ4n) is 3.21. The molecular formula is C17H25N5O. The molecule has 1 amide bonds. The average Bonchev–Trinajstić information content (AvgIpc) is 2.99. The highest BCUT2D eigenvalue weighted by Gasteiger charge is 2.12. The third-order valence-corrected chi connectivity index (χ3v) is 4.50. The van der Waals surface area contributed by atoms with Crippen LogP contribution < -0.4 is 10.6 Å². The number of carbonyl (C=O) groups is 1. The summed E-state index contributed by atoms with van der Waals surface area (Å²) in [6.07, 6.45) is 6.82. The van der Waals surface area contributed by atoms with Crippen LogP contribution in [0.5, 0.6) is 0 Å². The van der Waals surface area contributed by atoms with Crippen LogP contribution in [-0.4, -0.2) is 40.5 Å². The van der Waals surface area contributed by atoms with Gasteiger partial charge >= 0.3 is 0 Å². The second-order valence-corrected chi connectivity index (χ2v) is 6.29. The van der Waals surface area contributed by atoms with Crippen molar-refractivity contribution < 1.29 is 4.79 Å². The van der Waals surface area contributed by atoms with Gasteiger partial charge in [0, 0.05) is 13.1 Å². The lowest BCUT2D eigenvalue weighted by atomic mass is 9.89. The van der Waals surface area contributed by atoms with E-state index >= 15 is 0 Å². The van der Waals surface area contributed by atoms with Crippen LogP contribution in [0.2, 0.25) is 0 Å². The van der Waals surface area contributed by atoms with Gasteiger partial charge in [0.15, 0.2) is 0 Å². The monoisotopic (exact) mass is 315 g/mol. The quantitative estimate of drug-likeness (QED) is 0.763. The van der Waals surface area contributed by atoms with Gasteiger partial charge in [-0.25, -0.2) is 4.68 Å². The number of carbonyl (C=O) groups excluding carboxylic acids is 1. The molecule has 1 aromatic carbocycles. The van der Waals surface area contributed by atoms with Crippen molar-refractivity contribution in [3.05, 3.63) is 24.3 Å². The molecule has 0 radical (unpaired) electrons. The second kappa shape index (κ2) is 8.06. The van der Waals surface area contributed by atoms with E-state index < -0.39 is 0 Å². The summed E-state index contributed by atoms with van der Waals surface area (Å²) in [4.78, 5) is 12.0. The summed E-state index contributed by atoms with van der Waals surface area (Å²) in [6.45, 7) is 2.76. The zero-order valence-corrected chi connectivity index (χ0v) is 13.5. The molecule has 124 valence electrons. The van der Waals surface area contributed by atoms with Crippen molar-refractivity contribution >= 4 is 16.9 Å². The smallest absolute Gasteiger partial charge is 0.241 e. The van der Waals surface area contributed by atoms with E-state index in [9.17, 15) is 4.79 Å². The highest BCUT2D eigenvalue weighted by atomic mass is 16.2. The average molecular weight is 315 g/mol. The number of nitrogens with zero attached hydrogens (tertiary/aromatic N) is 3. The first-order valence-electron chi connectivity index (χ1n) is 8.58. The van der Waals surface area contributed by atoms with Gasteiger partial charge in [0.1, 0.15) is 12.1 Å². The van der Waals surface area contributed by atoms with E-state index in [-0.39, 0.29) is 12.5 Å². The lowest BCUT2D eigenvalue weighted by Crippen LogP contribution is -2.35. The van der Waals surface area contributed by atoms with E-state index in [1.165, 1.54) is 32.1 Å². The first-order valence-corrected chi connectivity index (χ1v) is 8.58. The number of rotatable bonds is 7. The molecule has 2 aromatic rings. The number of hydrogen-bond donors (Lipinski definition) is 2. The minimum atomic E-state index is -0.0277. The van der Waals surface area contributed by atoms with Gasteiger partial charge in [-0.05, 0) is 37.4 Å². The van der Waals surface area contributed by atoms with Crippen molar-refractivity contribution in [3.63, 3.8) is 0 Å². The normalized spacial score (nSPS) is 15.8. The molecule has 0 atom stereocenters. The molecule has 6 heteroatoms. The molecule has 0 saturated heterocycles. The SMILES string of the molecule is O=C(Cn1nnc2ccccc21)NCCNCC1CCCCC1. The summed E-state index contributed by atoms with van der Waals surface area (Å²) < 4.78 is 1.64. The van der Waals surface area contributed by atoms with E-state index in [0.29, 0.717) is 6.54 Å². The number of nitrogens with one attached hydrogen (secondary N) is 2. The summed E-state index contributed by atoms with van der Waals surface area (Å²) in [7, 11) is 0.